The molecule has 1 aromatic carbocycles. The molecule has 0 spiro atoms. The third kappa shape index (κ3) is 8.73. The number of nitrogens with one attached hydrogen (secondary N) is 2. The lowest BCUT2D eigenvalue weighted by Gasteiger charge is -2.26. The van der Waals surface area contributed by atoms with E-state index < -0.39 is 5.54 Å². The van der Waals surface area contributed by atoms with Crippen molar-refractivity contribution in [1.82, 2.24) is 20.4 Å². The van der Waals surface area contributed by atoms with Crippen LogP contribution in [-0.2, 0) is 11.3 Å². The van der Waals surface area contributed by atoms with Gasteiger partial charge in [-0.25, -0.2) is 4.79 Å². The number of carbonyl (C=O) groups excluding carboxylic acids is 1. The minimum atomic E-state index is -0.413. The number of amides is 2. The van der Waals surface area contributed by atoms with Crippen LogP contribution in [0.5, 0.6) is 0 Å². The normalized spacial score (nSPS) is 18.0. The van der Waals surface area contributed by atoms with Crippen LogP contribution in [0, 0.1) is 5.92 Å². The van der Waals surface area contributed by atoms with E-state index in [9.17, 15) is 4.79 Å². The molecule has 0 radical (unpaired) electrons. The van der Waals surface area contributed by atoms with E-state index in [1.807, 2.05) is 44.2 Å². The van der Waals surface area contributed by atoms with Crippen molar-refractivity contribution >= 4 is 6.03 Å². The fraction of sp³-hybridized carbons (Fsp3) is 0.667. The molecule has 1 aliphatic rings. The molecule has 2 amide bonds. The van der Waals surface area contributed by atoms with Gasteiger partial charge in [-0.3, -0.25) is 0 Å². The molecule has 0 unspecified atom stereocenters. The second kappa shape index (κ2) is 10.6. The smallest absolute Gasteiger partial charge is 0.315 e. The summed E-state index contributed by atoms with van der Waals surface area (Å²) in [5.41, 5.74) is 0.722. The van der Waals surface area contributed by atoms with Crippen molar-refractivity contribution in [1.29, 1.82) is 0 Å². The number of hydrogen-bond donors (Lipinski definition) is 2. The lowest BCUT2D eigenvalue weighted by atomic mass is 10.1. The van der Waals surface area contributed by atoms with Gasteiger partial charge in [0.1, 0.15) is 0 Å². The zero-order chi connectivity index (χ0) is 19.7. The third-order valence-corrected chi connectivity index (χ3v) is 4.73. The summed E-state index contributed by atoms with van der Waals surface area (Å²) in [5.74, 6) is 0.745. The van der Waals surface area contributed by atoms with Gasteiger partial charge < -0.3 is 25.2 Å². The van der Waals surface area contributed by atoms with Crippen LogP contribution in [0.25, 0.3) is 0 Å². The topological polar surface area (TPSA) is 56.8 Å². The van der Waals surface area contributed by atoms with Crippen molar-refractivity contribution in [2.24, 2.45) is 5.92 Å². The van der Waals surface area contributed by atoms with E-state index in [-0.39, 0.29) is 6.03 Å². The summed E-state index contributed by atoms with van der Waals surface area (Å²) in [6.07, 6.45) is 1.25. The van der Waals surface area contributed by atoms with Crippen LogP contribution in [0.15, 0.2) is 30.3 Å². The second-order valence-corrected chi connectivity index (χ2v) is 8.46. The number of ether oxygens (including phenoxy) is 1. The Morgan fingerprint density at radius 3 is 2.74 bits per heavy atom. The molecule has 0 aliphatic carbocycles. The van der Waals surface area contributed by atoms with E-state index in [0.29, 0.717) is 19.8 Å². The van der Waals surface area contributed by atoms with Crippen molar-refractivity contribution < 1.29 is 9.53 Å². The monoisotopic (exact) mass is 376 g/mol. The number of nitrogens with zero attached hydrogens (tertiary/aromatic N) is 2. The Balaban J connectivity index is 1.58. The minimum absolute atomic E-state index is 0.132. The first-order chi connectivity index (χ1) is 12.8. The van der Waals surface area contributed by atoms with Crippen molar-refractivity contribution in [3.05, 3.63) is 35.9 Å². The van der Waals surface area contributed by atoms with Gasteiger partial charge in [0.15, 0.2) is 0 Å². The Bertz CT molecular complexity index is 563. The molecule has 1 aliphatic heterocycles. The number of carbonyl (C=O) groups is 1. The van der Waals surface area contributed by atoms with Crippen LogP contribution in [0.4, 0.5) is 4.79 Å². The van der Waals surface area contributed by atoms with Gasteiger partial charge in [-0.15, -0.1) is 0 Å². The van der Waals surface area contributed by atoms with E-state index in [1.165, 1.54) is 6.42 Å². The highest BCUT2D eigenvalue weighted by Gasteiger charge is 2.23. The first kappa shape index (κ1) is 21.7. The molecule has 1 aromatic rings. The Labute approximate surface area is 164 Å². The maximum Gasteiger partial charge on any atom is 0.315 e. The molecule has 1 saturated heterocycles. The Hall–Kier alpha value is -1.63. The summed E-state index contributed by atoms with van der Waals surface area (Å²) >= 11 is 0. The zero-order valence-electron chi connectivity index (χ0n) is 17.3. The molecular formula is C21H36N4O2. The Kier molecular flexibility index (Phi) is 8.54. The summed E-state index contributed by atoms with van der Waals surface area (Å²) in [7, 11) is 4.25. The lowest BCUT2D eigenvalue weighted by molar-refractivity contribution is 0.0743. The predicted octanol–water partition coefficient (Wildman–Crippen LogP) is 2.16. The van der Waals surface area contributed by atoms with E-state index in [0.717, 1.165) is 37.7 Å². The predicted molar refractivity (Wildman–Crippen MR) is 110 cm³/mol. The fourth-order valence-corrected chi connectivity index (χ4v) is 3.49. The van der Waals surface area contributed by atoms with Crippen molar-refractivity contribution in [3.8, 4) is 0 Å². The van der Waals surface area contributed by atoms with Crippen molar-refractivity contribution in [3.63, 3.8) is 0 Å². The quantitative estimate of drug-likeness (QED) is 0.657. The molecule has 1 heterocycles. The highest BCUT2D eigenvalue weighted by molar-refractivity contribution is 5.74. The van der Waals surface area contributed by atoms with Crippen LogP contribution in [-0.4, -0.2) is 74.8 Å². The average Bonchev–Trinajstić information content (AvgIpc) is 3.01. The van der Waals surface area contributed by atoms with Gasteiger partial charge in [-0.1, -0.05) is 30.3 Å². The average molecular weight is 377 g/mol. The highest BCUT2D eigenvalue weighted by atomic mass is 16.5. The number of urea groups is 1. The molecule has 152 valence electrons. The standard InChI is InChI=1S/C21H36N4O2/c1-21(2,17-27-16-18-8-6-5-7-9-18)23-20(26)22-11-13-25-12-10-19(15-25)14-24(3)4/h5-9,19H,10-17H2,1-4H3,(H2,22,23,26)/t19-/m1/s1. The Morgan fingerprint density at radius 2 is 2.04 bits per heavy atom. The first-order valence-corrected chi connectivity index (χ1v) is 9.89. The molecule has 1 atom stereocenters. The summed E-state index contributed by atoms with van der Waals surface area (Å²) < 4.78 is 5.76. The molecule has 2 N–H and O–H groups in total. The Morgan fingerprint density at radius 1 is 1.30 bits per heavy atom. The molecule has 2 rings (SSSR count). The third-order valence-electron chi connectivity index (χ3n) is 4.73. The van der Waals surface area contributed by atoms with E-state index >= 15 is 0 Å². The maximum atomic E-state index is 12.2. The van der Waals surface area contributed by atoms with E-state index in [1.54, 1.807) is 0 Å². The summed E-state index contributed by atoms with van der Waals surface area (Å²) in [6.45, 7) is 9.93. The largest absolute Gasteiger partial charge is 0.374 e. The van der Waals surface area contributed by atoms with Crippen LogP contribution in [0.2, 0.25) is 0 Å². The minimum Gasteiger partial charge on any atom is -0.374 e. The van der Waals surface area contributed by atoms with Gasteiger partial charge in [0, 0.05) is 26.2 Å². The van der Waals surface area contributed by atoms with Gasteiger partial charge in [-0.05, 0) is 52.4 Å². The lowest BCUT2D eigenvalue weighted by Crippen LogP contribution is -2.51. The molecule has 6 heteroatoms. The summed E-state index contributed by atoms with van der Waals surface area (Å²) in [4.78, 5) is 16.9. The van der Waals surface area contributed by atoms with Crippen LogP contribution in [0.1, 0.15) is 25.8 Å². The van der Waals surface area contributed by atoms with Crippen LogP contribution in [0.3, 0.4) is 0 Å². The number of likely N-dealkylation sites (tertiary alicyclic amines) is 1. The van der Waals surface area contributed by atoms with Gasteiger partial charge in [-0.2, -0.15) is 0 Å². The van der Waals surface area contributed by atoms with Gasteiger partial charge in [0.25, 0.3) is 0 Å². The number of hydrogen-bond acceptors (Lipinski definition) is 4. The fourth-order valence-electron chi connectivity index (χ4n) is 3.49. The molecule has 1 fully saturated rings. The molecule has 0 saturated carbocycles. The van der Waals surface area contributed by atoms with Crippen molar-refractivity contribution in [2.75, 3.05) is 53.4 Å². The van der Waals surface area contributed by atoms with E-state index in [4.69, 9.17) is 4.74 Å². The molecular weight excluding hydrogens is 340 g/mol. The molecule has 6 nitrogen and oxygen atoms in total. The molecule has 0 aromatic heterocycles. The van der Waals surface area contributed by atoms with Crippen LogP contribution >= 0.6 is 0 Å². The van der Waals surface area contributed by atoms with Crippen LogP contribution < -0.4 is 10.6 Å². The first-order valence-electron chi connectivity index (χ1n) is 9.89. The van der Waals surface area contributed by atoms with Gasteiger partial charge in [0.2, 0.25) is 0 Å². The highest BCUT2D eigenvalue weighted by Crippen LogP contribution is 2.15. The number of rotatable bonds is 10. The van der Waals surface area contributed by atoms with Crippen molar-refractivity contribution in [2.45, 2.75) is 32.4 Å². The maximum absolute atomic E-state index is 12.2. The second-order valence-electron chi connectivity index (χ2n) is 8.46. The van der Waals surface area contributed by atoms with Gasteiger partial charge >= 0.3 is 6.03 Å². The summed E-state index contributed by atoms with van der Waals surface area (Å²) in [6, 6.07) is 9.93. The summed E-state index contributed by atoms with van der Waals surface area (Å²) in [5, 5.41) is 5.97. The number of benzene rings is 1. The SMILES string of the molecule is CN(C)C[C@H]1CCN(CCNC(=O)NC(C)(C)COCc2ccccc2)C1. The van der Waals surface area contributed by atoms with E-state index in [2.05, 4.69) is 34.5 Å². The molecule has 0 bridgehead atoms. The molecule has 27 heavy (non-hydrogen) atoms. The zero-order valence-corrected chi connectivity index (χ0v) is 17.3. The van der Waals surface area contributed by atoms with Gasteiger partial charge in [0.05, 0.1) is 18.8 Å².